The van der Waals surface area contributed by atoms with Crippen molar-refractivity contribution in [2.24, 2.45) is 0 Å². The van der Waals surface area contributed by atoms with Gasteiger partial charge in [0.05, 0.1) is 19.9 Å². The summed E-state index contributed by atoms with van der Waals surface area (Å²) in [5.41, 5.74) is 5.95. The fourth-order valence-electron chi connectivity index (χ4n) is 4.87. The molecule has 1 aromatic heterocycles. The van der Waals surface area contributed by atoms with Gasteiger partial charge in [-0.15, -0.1) is 0 Å². The second kappa shape index (κ2) is 7.62. The topological polar surface area (TPSA) is 34.6 Å². The van der Waals surface area contributed by atoms with Crippen molar-refractivity contribution in [2.75, 3.05) is 33.2 Å². The number of para-hydroxylation sites is 1. The number of hydrogen-bond donors (Lipinski definition) is 0. The molecule has 5 rings (SSSR count). The molecule has 0 spiro atoms. The van der Waals surface area contributed by atoms with E-state index < -0.39 is 0 Å². The molecule has 0 aliphatic heterocycles. The highest BCUT2D eigenvalue weighted by Crippen LogP contribution is 2.49. The Morgan fingerprint density at radius 3 is 2.32 bits per heavy atom. The molecule has 0 saturated heterocycles. The molecule has 0 radical (unpaired) electrons. The number of hydrogen-bond acceptors (Lipinski definition) is 4. The molecule has 4 heteroatoms. The lowest BCUT2D eigenvalue weighted by atomic mass is 9.75. The molecule has 4 aromatic rings. The van der Waals surface area contributed by atoms with Gasteiger partial charge in [-0.1, -0.05) is 60.7 Å². The van der Waals surface area contributed by atoms with E-state index in [4.69, 9.17) is 14.5 Å². The molecule has 31 heavy (non-hydrogen) atoms. The molecule has 1 aliphatic rings. The zero-order chi connectivity index (χ0) is 21.5. The molecular weight excluding hydrogens is 384 g/mol. The van der Waals surface area contributed by atoms with Gasteiger partial charge >= 0.3 is 0 Å². The summed E-state index contributed by atoms with van der Waals surface area (Å²) < 4.78 is 11.5. The van der Waals surface area contributed by atoms with E-state index in [2.05, 4.69) is 73.6 Å². The Morgan fingerprint density at radius 2 is 1.58 bits per heavy atom. The van der Waals surface area contributed by atoms with Crippen molar-refractivity contribution in [3.63, 3.8) is 0 Å². The summed E-state index contributed by atoms with van der Waals surface area (Å²) in [4.78, 5) is 7.31. The van der Waals surface area contributed by atoms with E-state index in [0.717, 1.165) is 40.4 Å². The number of rotatable bonds is 4. The first kappa shape index (κ1) is 19.4. The molecule has 156 valence electrons. The van der Waals surface area contributed by atoms with Crippen LogP contribution in [0.3, 0.4) is 0 Å². The van der Waals surface area contributed by atoms with Crippen molar-refractivity contribution in [1.29, 1.82) is 0 Å². The standard InChI is InChI=1S/C27H26N2O2/c1-29(2)27-21-13-8-7-12-19(21)24-22(20-14-9-15-23(30-3)26(20)31-4)16-17-10-5-6-11-18(17)25(24)28-27/h5-15,22H,16H2,1-4H3. The van der Waals surface area contributed by atoms with Crippen molar-refractivity contribution in [2.45, 2.75) is 12.3 Å². The second-order valence-corrected chi connectivity index (χ2v) is 8.13. The number of ether oxygens (including phenoxy) is 2. The van der Waals surface area contributed by atoms with Crippen LogP contribution in [0.2, 0.25) is 0 Å². The average Bonchev–Trinajstić information content (AvgIpc) is 2.82. The predicted octanol–water partition coefficient (Wildman–Crippen LogP) is 5.67. The maximum atomic E-state index is 5.84. The third-order valence-corrected chi connectivity index (χ3v) is 6.21. The first-order valence-corrected chi connectivity index (χ1v) is 10.5. The lowest BCUT2D eigenvalue weighted by molar-refractivity contribution is 0.350. The Labute approximate surface area is 183 Å². The van der Waals surface area contributed by atoms with Crippen molar-refractivity contribution < 1.29 is 9.47 Å². The normalized spacial score (nSPS) is 14.6. The zero-order valence-corrected chi connectivity index (χ0v) is 18.3. The van der Waals surface area contributed by atoms with Crippen LogP contribution in [0.25, 0.3) is 22.0 Å². The van der Waals surface area contributed by atoms with Crippen LogP contribution in [0.1, 0.15) is 22.6 Å². The lowest BCUT2D eigenvalue weighted by Crippen LogP contribution is -2.18. The maximum absolute atomic E-state index is 5.84. The molecule has 1 aliphatic carbocycles. The van der Waals surface area contributed by atoms with E-state index in [0.29, 0.717) is 0 Å². The smallest absolute Gasteiger partial charge is 0.164 e. The third kappa shape index (κ3) is 3.02. The third-order valence-electron chi connectivity index (χ3n) is 6.21. The van der Waals surface area contributed by atoms with Crippen LogP contribution in [0.5, 0.6) is 11.5 Å². The molecule has 4 nitrogen and oxygen atoms in total. The van der Waals surface area contributed by atoms with E-state index in [1.807, 2.05) is 12.1 Å². The maximum Gasteiger partial charge on any atom is 0.164 e. The molecule has 0 fully saturated rings. The molecule has 1 unspecified atom stereocenters. The Kier molecular flexibility index (Phi) is 4.78. The van der Waals surface area contributed by atoms with Crippen molar-refractivity contribution >= 4 is 16.6 Å². The number of aromatic nitrogens is 1. The van der Waals surface area contributed by atoms with Gasteiger partial charge in [0.25, 0.3) is 0 Å². The van der Waals surface area contributed by atoms with Crippen molar-refractivity contribution in [3.8, 4) is 22.8 Å². The van der Waals surface area contributed by atoms with Crippen molar-refractivity contribution in [3.05, 3.63) is 83.4 Å². The highest BCUT2D eigenvalue weighted by atomic mass is 16.5. The Morgan fingerprint density at radius 1 is 0.839 bits per heavy atom. The van der Waals surface area contributed by atoms with Crippen molar-refractivity contribution in [1.82, 2.24) is 4.98 Å². The molecule has 0 N–H and O–H groups in total. The molecule has 0 saturated carbocycles. The van der Waals surface area contributed by atoms with Gasteiger partial charge in [-0.25, -0.2) is 4.98 Å². The van der Waals surface area contributed by atoms with Crippen LogP contribution in [-0.4, -0.2) is 33.3 Å². The minimum Gasteiger partial charge on any atom is -0.493 e. The Bertz CT molecular complexity index is 1280. The largest absolute Gasteiger partial charge is 0.493 e. The number of anilines is 1. The van der Waals surface area contributed by atoms with Gasteiger partial charge in [-0.2, -0.15) is 0 Å². The highest BCUT2D eigenvalue weighted by Gasteiger charge is 2.32. The highest BCUT2D eigenvalue weighted by molar-refractivity contribution is 5.99. The molecule has 0 bridgehead atoms. The van der Waals surface area contributed by atoms with Gasteiger partial charge < -0.3 is 14.4 Å². The number of fused-ring (bicyclic) bond motifs is 5. The van der Waals surface area contributed by atoms with Gasteiger partial charge in [0, 0.05) is 36.5 Å². The van der Waals surface area contributed by atoms with Crippen LogP contribution >= 0.6 is 0 Å². The Hall–Kier alpha value is -3.53. The van der Waals surface area contributed by atoms with E-state index in [-0.39, 0.29) is 5.92 Å². The lowest BCUT2D eigenvalue weighted by Gasteiger charge is -2.31. The van der Waals surface area contributed by atoms with Gasteiger partial charge in [-0.05, 0) is 29.0 Å². The van der Waals surface area contributed by atoms with Crippen LogP contribution in [0, 0.1) is 0 Å². The SMILES string of the molecule is COc1cccc(C2Cc3ccccc3-c3nc(N(C)C)c4ccccc4c32)c1OC. The number of methoxy groups -OCH3 is 2. The van der Waals surface area contributed by atoms with Gasteiger partial charge in [0.2, 0.25) is 0 Å². The second-order valence-electron chi connectivity index (χ2n) is 8.13. The number of benzene rings is 3. The monoisotopic (exact) mass is 410 g/mol. The summed E-state index contributed by atoms with van der Waals surface area (Å²) in [6, 6.07) is 23.3. The molecule has 1 heterocycles. The zero-order valence-electron chi connectivity index (χ0n) is 18.3. The summed E-state index contributed by atoms with van der Waals surface area (Å²) in [5, 5.41) is 2.40. The van der Waals surface area contributed by atoms with E-state index in [1.165, 1.54) is 22.1 Å². The number of pyridine rings is 1. The van der Waals surface area contributed by atoms with Crippen LogP contribution in [-0.2, 0) is 6.42 Å². The van der Waals surface area contributed by atoms with E-state index in [1.54, 1.807) is 14.2 Å². The van der Waals surface area contributed by atoms with Crippen LogP contribution < -0.4 is 14.4 Å². The molecule has 0 amide bonds. The quantitative estimate of drug-likeness (QED) is 0.434. The Balaban J connectivity index is 1.88. The minimum atomic E-state index is 0.114. The van der Waals surface area contributed by atoms with E-state index in [9.17, 15) is 0 Å². The van der Waals surface area contributed by atoms with Gasteiger partial charge in [0.15, 0.2) is 11.5 Å². The van der Waals surface area contributed by atoms with E-state index >= 15 is 0 Å². The summed E-state index contributed by atoms with van der Waals surface area (Å²) in [7, 11) is 7.51. The summed E-state index contributed by atoms with van der Waals surface area (Å²) >= 11 is 0. The summed E-state index contributed by atoms with van der Waals surface area (Å²) in [5.74, 6) is 2.65. The average molecular weight is 411 g/mol. The summed E-state index contributed by atoms with van der Waals surface area (Å²) in [6.07, 6.45) is 0.889. The summed E-state index contributed by atoms with van der Waals surface area (Å²) in [6.45, 7) is 0. The fourth-order valence-corrected chi connectivity index (χ4v) is 4.87. The number of nitrogens with zero attached hydrogens (tertiary/aromatic N) is 2. The molecule has 1 atom stereocenters. The fraction of sp³-hybridized carbons (Fsp3) is 0.222. The molecule has 3 aromatic carbocycles. The first-order chi connectivity index (χ1) is 15.1. The molecular formula is C27H26N2O2. The minimum absolute atomic E-state index is 0.114. The van der Waals surface area contributed by atoms with Gasteiger partial charge in [0.1, 0.15) is 5.82 Å². The first-order valence-electron chi connectivity index (χ1n) is 10.5. The van der Waals surface area contributed by atoms with Crippen LogP contribution in [0.4, 0.5) is 5.82 Å². The predicted molar refractivity (Wildman–Crippen MR) is 127 cm³/mol. The van der Waals surface area contributed by atoms with Gasteiger partial charge in [-0.3, -0.25) is 0 Å². The van der Waals surface area contributed by atoms with Crippen LogP contribution in [0.15, 0.2) is 66.7 Å².